The highest BCUT2D eigenvalue weighted by Gasteiger charge is 2.18. The molecule has 20 heavy (non-hydrogen) atoms. The summed E-state index contributed by atoms with van der Waals surface area (Å²) < 4.78 is 5.39. The number of aliphatic hydroxyl groups excluding tert-OH is 1. The van der Waals surface area contributed by atoms with E-state index >= 15 is 0 Å². The molecule has 1 N–H and O–H groups in total. The van der Waals surface area contributed by atoms with E-state index in [0.717, 1.165) is 49.8 Å². The fourth-order valence-corrected chi connectivity index (χ4v) is 2.55. The van der Waals surface area contributed by atoms with Gasteiger partial charge in [-0.3, -0.25) is 0 Å². The number of nitrogens with zero attached hydrogens (tertiary/aromatic N) is 3. The van der Waals surface area contributed by atoms with Crippen molar-refractivity contribution in [2.24, 2.45) is 5.92 Å². The van der Waals surface area contributed by atoms with Crippen molar-refractivity contribution in [3.05, 3.63) is 17.7 Å². The van der Waals surface area contributed by atoms with Crippen molar-refractivity contribution < 1.29 is 9.84 Å². The molecule has 2 heterocycles. The second kappa shape index (κ2) is 6.99. The first-order valence-electron chi connectivity index (χ1n) is 7.37. The molecule has 0 spiro atoms. The maximum atomic E-state index is 9.54. The zero-order valence-electron chi connectivity index (χ0n) is 12.7. The first-order valence-corrected chi connectivity index (χ1v) is 7.37. The number of aromatic nitrogens is 2. The average Bonchev–Trinajstić information content (AvgIpc) is 2.47. The molecule has 0 saturated carbocycles. The normalized spacial score (nSPS) is 16.6. The van der Waals surface area contributed by atoms with Crippen molar-refractivity contribution in [3.63, 3.8) is 0 Å². The number of ether oxygens (including phenoxy) is 1. The lowest BCUT2D eigenvalue weighted by Crippen LogP contribution is -2.30. The van der Waals surface area contributed by atoms with Crippen LogP contribution >= 0.6 is 0 Å². The number of anilines is 1. The van der Waals surface area contributed by atoms with Crippen molar-refractivity contribution in [1.29, 1.82) is 0 Å². The maximum absolute atomic E-state index is 9.54. The molecule has 0 bridgehead atoms. The lowest BCUT2D eigenvalue weighted by Gasteiger charge is -2.29. The molecule has 2 rings (SSSR count). The van der Waals surface area contributed by atoms with Crippen LogP contribution in [0.1, 0.15) is 44.1 Å². The van der Waals surface area contributed by atoms with E-state index < -0.39 is 0 Å². The van der Waals surface area contributed by atoms with Crippen LogP contribution in [0.15, 0.2) is 6.20 Å². The smallest absolute Gasteiger partial charge is 0.131 e. The van der Waals surface area contributed by atoms with Gasteiger partial charge < -0.3 is 14.7 Å². The van der Waals surface area contributed by atoms with Gasteiger partial charge in [-0.2, -0.15) is 0 Å². The number of rotatable bonds is 5. The van der Waals surface area contributed by atoms with Crippen LogP contribution in [0.3, 0.4) is 0 Å². The lowest BCUT2D eigenvalue weighted by molar-refractivity contribution is 0.0685. The maximum Gasteiger partial charge on any atom is 0.131 e. The third-order valence-corrected chi connectivity index (χ3v) is 3.81. The van der Waals surface area contributed by atoms with E-state index in [1.807, 2.05) is 13.2 Å². The van der Waals surface area contributed by atoms with Crippen LogP contribution in [0.25, 0.3) is 0 Å². The average molecular weight is 279 g/mol. The Bertz CT molecular complexity index is 431. The molecule has 1 fully saturated rings. The Kier molecular flexibility index (Phi) is 5.31. The molecule has 0 unspecified atom stereocenters. The largest absolute Gasteiger partial charge is 0.390 e. The predicted octanol–water partition coefficient (Wildman–Crippen LogP) is 1.96. The van der Waals surface area contributed by atoms with Gasteiger partial charge in [0, 0.05) is 32.7 Å². The van der Waals surface area contributed by atoms with Gasteiger partial charge in [0.1, 0.15) is 5.82 Å². The van der Waals surface area contributed by atoms with Gasteiger partial charge in [-0.15, -0.1) is 0 Å². The molecule has 1 saturated heterocycles. The van der Waals surface area contributed by atoms with Gasteiger partial charge in [0.15, 0.2) is 0 Å². The topological polar surface area (TPSA) is 58.5 Å². The van der Waals surface area contributed by atoms with Crippen molar-refractivity contribution >= 4 is 5.69 Å². The van der Waals surface area contributed by atoms with E-state index in [2.05, 4.69) is 28.7 Å². The Morgan fingerprint density at radius 2 is 2.10 bits per heavy atom. The van der Waals surface area contributed by atoms with Crippen LogP contribution < -0.4 is 4.90 Å². The van der Waals surface area contributed by atoms with Gasteiger partial charge in [-0.25, -0.2) is 9.97 Å². The minimum Gasteiger partial charge on any atom is -0.390 e. The summed E-state index contributed by atoms with van der Waals surface area (Å²) in [5.74, 6) is 1.71. The molecule has 0 aromatic carbocycles. The quantitative estimate of drug-likeness (QED) is 0.893. The Morgan fingerprint density at radius 3 is 2.70 bits per heavy atom. The summed E-state index contributed by atoms with van der Waals surface area (Å²) in [6, 6.07) is 0. The third-order valence-electron chi connectivity index (χ3n) is 3.81. The molecule has 0 amide bonds. The van der Waals surface area contributed by atoms with Crippen molar-refractivity contribution in [3.8, 4) is 0 Å². The molecule has 0 radical (unpaired) electrons. The standard InChI is InChI=1S/C15H25N3O2/c1-11(2)15-16-8-14(13(10-19)17-15)18(3)9-12-4-6-20-7-5-12/h8,11-12,19H,4-7,9-10H2,1-3H3. The van der Waals surface area contributed by atoms with Gasteiger partial charge in [0.2, 0.25) is 0 Å². The summed E-state index contributed by atoms with van der Waals surface area (Å²) in [4.78, 5) is 11.0. The monoisotopic (exact) mass is 279 g/mol. The summed E-state index contributed by atoms with van der Waals surface area (Å²) in [6.45, 7) is 6.74. The van der Waals surface area contributed by atoms with E-state index in [1.54, 1.807) is 0 Å². The summed E-state index contributed by atoms with van der Waals surface area (Å²) in [6.07, 6.45) is 4.04. The first-order chi connectivity index (χ1) is 9.61. The molecule has 0 atom stereocenters. The van der Waals surface area contributed by atoms with E-state index in [-0.39, 0.29) is 12.5 Å². The molecule has 0 aliphatic carbocycles. The van der Waals surface area contributed by atoms with Gasteiger partial charge in [-0.05, 0) is 18.8 Å². The Morgan fingerprint density at radius 1 is 1.40 bits per heavy atom. The summed E-state index contributed by atoms with van der Waals surface area (Å²) in [5, 5.41) is 9.54. The van der Waals surface area contributed by atoms with E-state index in [1.165, 1.54) is 0 Å². The second-order valence-electron chi connectivity index (χ2n) is 5.81. The SMILES string of the molecule is CC(C)c1ncc(N(C)CC2CCOCC2)c(CO)n1. The highest BCUT2D eigenvalue weighted by molar-refractivity contribution is 5.48. The molecule has 112 valence electrons. The van der Waals surface area contributed by atoms with Crippen LogP contribution in [-0.4, -0.2) is 41.9 Å². The lowest BCUT2D eigenvalue weighted by atomic mass is 9.99. The van der Waals surface area contributed by atoms with Crippen molar-refractivity contribution in [2.75, 3.05) is 31.7 Å². The predicted molar refractivity (Wildman–Crippen MR) is 78.9 cm³/mol. The van der Waals surface area contributed by atoms with Gasteiger partial charge in [0.25, 0.3) is 0 Å². The third kappa shape index (κ3) is 3.67. The summed E-state index contributed by atoms with van der Waals surface area (Å²) in [7, 11) is 2.04. The molecule has 5 heteroatoms. The van der Waals surface area contributed by atoms with Crippen LogP contribution in [0.5, 0.6) is 0 Å². The van der Waals surface area contributed by atoms with Crippen LogP contribution in [0.4, 0.5) is 5.69 Å². The fraction of sp³-hybridized carbons (Fsp3) is 0.733. The van der Waals surface area contributed by atoms with Crippen molar-refractivity contribution in [1.82, 2.24) is 9.97 Å². The van der Waals surface area contributed by atoms with Gasteiger partial charge in [-0.1, -0.05) is 13.8 Å². The van der Waals surface area contributed by atoms with E-state index in [0.29, 0.717) is 5.92 Å². The first kappa shape index (κ1) is 15.2. The Balaban J connectivity index is 2.09. The Hall–Kier alpha value is -1.20. The summed E-state index contributed by atoms with van der Waals surface area (Å²) in [5.41, 5.74) is 1.65. The summed E-state index contributed by atoms with van der Waals surface area (Å²) >= 11 is 0. The van der Waals surface area contributed by atoms with E-state index in [9.17, 15) is 5.11 Å². The minimum atomic E-state index is -0.0459. The molecule has 5 nitrogen and oxygen atoms in total. The number of hydrogen-bond donors (Lipinski definition) is 1. The van der Waals surface area contributed by atoms with Crippen LogP contribution in [0, 0.1) is 5.92 Å². The minimum absolute atomic E-state index is 0.0459. The fourth-order valence-electron chi connectivity index (χ4n) is 2.55. The molecular formula is C15H25N3O2. The molecule has 1 aromatic rings. The molecule has 1 aromatic heterocycles. The number of aliphatic hydroxyl groups is 1. The zero-order chi connectivity index (χ0) is 14.5. The molecule has 1 aliphatic heterocycles. The second-order valence-corrected chi connectivity index (χ2v) is 5.81. The van der Waals surface area contributed by atoms with Gasteiger partial charge in [0.05, 0.1) is 24.2 Å². The van der Waals surface area contributed by atoms with E-state index in [4.69, 9.17) is 4.74 Å². The van der Waals surface area contributed by atoms with Crippen LogP contribution in [-0.2, 0) is 11.3 Å². The molecular weight excluding hydrogens is 254 g/mol. The molecule has 1 aliphatic rings. The Labute approximate surface area is 121 Å². The number of hydrogen-bond acceptors (Lipinski definition) is 5. The van der Waals surface area contributed by atoms with Crippen LogP contribution in [0.2, 0.25) is 0 Å². The zero-order valence-corrected chi connectivity index (χ0v) is 12.7. The van der Waals surface area contributed by atoms with Crippen molar-refractivity contribution in [2.45, 2.75) is 39.2 Å². The van der Waals surface area contributed by atoms with Gasteiger partial charge >= 0.3 is 0 Å². The highest BCUT2D eigenvalue weighted by Crippen LogP contribution is 2.23. The highest BCUT2D eigenvalue weighted by atomic mass is 16.5.